The molecule has 1 aliphatic carbocycles. The third kappa shape index (κ3) is 3.10. The lowest BCUT2D eigenvalue weighted by atomic mass is 9.82. The minimum Gasteiger partial charge on any atom is -0.389 e. The van der Waals surface area contributed by atoms with Gasteiger partial charge in [0.15, 0.2) is 0 Å². The molecule has 0 aromatic heterocycles. The van der Waals surface area contributed by atoms with Crippen LogP contribution in [0.3, 0.4) is 0 Å². The average Bonchev–Trinajstić information content (AvgIpc) is 2.34. The van der Waals surface area contributed by atoms with E-state index in [1.807, 2.05) is 18.2 Å². The summed E-state index contributed by atoms with van der Waals surface area (Å²) in [5.41, 5.74) is 1.58. The van der Waals surface area contributed by atoms with Crippen molar-refractivity contribution in [3.63, 3.8) is 0 Å². The number of rotatable bonds is 3. The van der Waals surface area contributed by atoms with Crippen LogP contribution in [0.5, 0.6) is 0 Å². The Kier molecular flexibility index (Phi) is 3.71. The maximum atomic E-state index is 12.2. The Bertz CT molecular complexity index is 434. The van der Waals surface area contributed by atoms with Crippen LogP contribution in [0.4, 0.5) is 0 Å². The second-order valence-electron chi connectivity index (χ2n) is 5.67. The summed E-state index contributed by atoms with van der Waals surface area (Å²) >= 11 is 0. The van der Waals surface area contributed by atoms with Gasteiger partial charge in [-0.15, -0.1) is 0 Å². The molecule has 3 nitrogen and oxygen atoms in total. The lowest BCUT2D eigenvalue weighted by Gasteiger charge is -2.26. The van der Waals surface area contributed by atoms with Gasteiger partial charge in [-0.3, -0.25) is 4.79 Å². The minimum absolute atomic E-state index is 0.0317. The maximum absolute atomic E-state index is 12.2. The fourth-order valence-electron chi connectivity index (χ4n) is 2.45. The van der Waals surface area contributed by atoms with E-state index < -0.39 is 5.60 Å². The van der Waals surface area contributed by atoms with Gasteiger partial charge in [-0.05, 0) is 44.2 Å². The Hall–Kier alpha value is -1.35. The van der Waals surface area contributed by atoms with Gasteiger partial charge in [0.25, 0.3) is 0 Å². The number of aryl methyl sites for hydroxylation is 1. The molecule has 0 fully saturated rings. The number of aliphatic hydroxyl groups is 1. The van der Waals surface area contributed by atoms with E-state index in [1.165, 1.54) is 5.56 Å². The number of amides is 1. The van der Waals surface area contributed by atoms with Gasteiger partial charge in [-0.25, -0.2) is 0 Å². The summed E-state index contributed by atoms with van der Waals surface area (Å²) in [6.45, 7) is 3.69. The van der Waals surface area contributed by atoms with Crippen LogP contribution in [0, 0.1) is 0 Å². The van der Waals surface area contributed by atoms with Crippen LogP contribution in [0.25, 0.3) is 0 Å². The second-order valence-corrected chi connectivity index (χ2v) is 5.67. The highest BCUT2D eigenvalue weighted by Gasteiger charge is 2.26. The maximum Gasteiger partial charge on any atom is 0.227 e. The first-order valence-electron chi connectivity index (χ1n) is 6.55. The van der Waals surface area contributed by atoms with Gasteiger partial charge in [-0.1, -0.05) is 24.3 Å². The molecule has 0 aliphatic heterocycles. The molecule has 0 heterocycles. The molecule has 1 atom stereocenters. The SMILES string of the molecule is CC(C)(O)CNC(=O)C1CCCc2ccccc21. The van der Waals surface area contributed by atoms with Crippen molar-refractivity contribution in [1.82, 2.24) is 5.32 Å². The highest BCUT2D eigenvalue weighted by Crippen LogP contribution is 2.31. The summed E-state index contributed by atoms with van der Waals surface area (Å²) in [6.07, 6.45) is 3.01. The number of hydrogen-bond acceptors (Lipinski definition) is 2. The predicted octanol–water partition coefficient (Wildman–Crippen LogP) is 1.99. The summed E-state index contributed by atoms with van der Waals surface area (Å²) < 4.78 is 0. The van der Waals surface area contributed by atoms with Crippen LogP contribution in [0.1, 0.15) is 43.7 Å². The van der Waals surface area contributed by atoms with E-state index in [0.29, 0.717) is 6.54 Å². The van der Waals surface area contributed by atoms with Crippen LogP contribution >= 0.6 is 0 Å². The van der Waals surface area contributed by atoms with Crippen LogP contribution < -0.4 is 5.32 Å². The molecular weight excluding hydrogens is 226 g/mol. The molecule has 2 rings (SSSR count). The van der Waals surface area contributed by atoms with E-state index in [2.05, 4.69) is 11.4 Å². The molecule has 0 bridgehead atoms. The third-order valence-corrected chi connectivity index (χ3v) is 3.38. The quantitative estimate of drug-likeness (QED) is 0.858. The fraction of sp³-hybridized carbons (Fsp3) is 0.533. The molecular formula is C15H21NO2. The highest BCUT2D eigenvalue weighted by molar-refractivity contribution is 5.84. The molecule has 0 saturated carbocycles. The molecule has 0 spiro atoms. The number of carbonyl (C=O) groups excluding carboxylic acids is 1. The monoisotopic (exact) mass is 247 g/mol. The molecule has 2 N–H and O–H groups in total. The molecule has 0 saturated heterocycles. The molecule has 3 heteroatoms. The number of benzene rings is 1. The number of hydrogen-bond donors (Lipinski definition) is 2. The molecule has 1 unspecified atom stereocenters. The minimum atomic E-state index is -0.857. The smallest absolute Gasteiger partial charge is 0.227 e. The van der Waals surface area contributed by atoms with Crippen molar-refractivity contribution in [2.24, 2.45) is 0 Å². The van der Waals surface area contributed by atoms with Crippen molar-refractivity contribution >= 4 is 5.91 Å². The van der Waals surface area contributed by atoms with Gasteiger partial charge in [0, 0.05) is 6.54 Å². The van der Waals surface area contributed by atoms with Gasteiger partial charge in [0.1, 0.15) is 0 Å². The summed E-state index contributed by atoms with van der Waals surface area (Å²) in [6, 6.07) is 8.16. The molecule has 0 radical (unpaired) electrons. The summed E-state index contributed by atoms with van der Waals surface area (Å²) in [5.74, 6) is -0.0263. The zero-order chi connectivity index (χ0) is 13.2. The van der Waals surface area contributed by atoms with Crippen LogP contribution in [0.2, 0.25) is 0 Å². The van der Waals surface area contributed by atoms with Crippen LogP contribution in [0.15, 0.2) is 24.3 Å². The first kappa shape index (κ1) is 13.1. The van der Waals surface area contributed by atoms with Crippen molar-refractivity contribution in [2.75, 3.05) is 6.54 Å². The van der Waals surface area contributed by atoms with Crippen molar-refractivity contribution in [2.45, 2.75) is 44.6 Å². The van der Waals surface area contributed by atoms with Crippen molar-refractivity contribution in [1.29, 1.82) is 0 Å². The first-order chi connectivity index (χ1) is 8.47. The van der Waals surface area contributed by atoms with E-state index in [-0.39, 0.29) is 11.8 Å². The Labute approximate surface area is 108 Å². The first-order valence-corrected chi connectivity index (χ1v) is 6.55. The molecule has 98 valence electrons. The third-order valence-electron chi connectivity index (χ3n) is 3.38. The van der Waals surface area contributed by atoms with E-state index in [9.17, 15) is 9.90 Å². The number of fused-ring (bicyclic) bond motifs is 1. The lowest BCUT2D eigenvalue weighted by molar-refractivity contribution is -0.123. The highest BCUT2D eigenvalue weighted by atomic mass is 16.3. The van der Waals surface area contributed by atoms with Crippen LogP contribution in [-0.4, -0.2) is 23.2 Å². The molecule has 1 amide bonds. The van der Waals surface area contributed by atoms with E-state index in [1.54, 1.807) is 13.8 Å². The number of carbonyl (C=O) groups is 1. The van der Waals surface area contributed by atoms with Crippen molar-refractivity contribution in [3.05, 3.63) is 35.4 Å². The second kappa shape index (κ2) is 5.11. The molecule has 1 aliphatic rings. The topological polar surface area (TPSA) is 49.3 Å². The van der Waals surface area contributed by atoms with E-state index in [4.69, 9.17) is 0 Å². The zero-order valence-corrected chi connectivity index (χ0v) is 11.1. The van der Waals surface area contributed by atoms with E-state index >= 15 is 0 Å². The lowest BCUT2D eigenvalue weighted by Crippen LogP contribution is -2.41. The van der Waals surface area contributed by atoms with Crippen LogP contribution in [-0.2, 0) is 11.2 Å². The summed E-state index contributed by atoms with van der Waals surface area (Å²) in [4.78, 5) is 12.2. The Morgan fingerprint density at radius 3 is 2.89 bits per heavy atom. The predicted molar refractivity (Wildman–Crippen MR) is 71.4 cm³/mol. The number of nitrogens with one attached hydrogen (secondary N) is 1. The van der Waals surface area contributed by atoms with E-state index in [0.717, 1.165) is 24.8 Å². The van der Waals surface area contributed by atoms with Gasteiger partial charge >= 0.3 is 0 Å². The van der Waals surface area contributed by atoms with Crippen molar-refractivity contribution in [3.8, 4) is 0 Å². The van der Waals surface area contributed by atoms with Crippen molar-refractivity contribution < 1.29 is 9.90 Å². The van der Waals surface area contributed by atoms with Gasteiger partial charge in [0.05, 0.1) is 11.5 Å². The van der Waals surface area contributed by atoms with Gasteiger partial charge in [0.2, 0.25) is 5.91 Å². The van der Waals surface area contributed by atoms with Gasteiger partial charge in [-0.2, -0.15) is 0 Å². The Morgan fingerprint density at radius 1 is 1.44 bits per heavy atom. The Balaban J connectivity index is 2.08. The molecule has 1 aromatic rings. The average molecular weight is 247 g/mol. The fourth-order valence-corrected chi connectivity index (χ4v) is 2.45. The normalized spacial score (nSPS) is 19.2. The van der Waals surface area contributed by atoms with Gasteiger partial charge < -0.3 is 10.4 Å². The summed E-state index contributed by atoms with van der Waals surface area (Å²) in [5, 5.41) is 12.5. The standard InChI is InChI=1S/C15H21NO2/c1-15(2,18)10-16-14(17)13-9-5-7-11-6-3-4-8-12(11)13/h3-4,6,8,13,18H,5,7,9-10H2,1-2H3,(H,16,17). The molecule has 1 aromatic carbocycles. The zero-order valence-electron chi connectivity index (χ0n) is 11.1. The molecule has 18 heavy (non-hydrogen) atoms. The Morgan fingerprint density at radius 2 is 2.17 bits per heavy atom. The largest absolute Gasteiger partial charge is 0.389 e. The summed E-state index contributed by atoms with van der Waals surface area (Å²) in [7, 11) is 0.